The summed E-state index contributed by atoms with van der Waals surface area (Å²) in [6.45, 7) is 0.560. The van der Waals surface area contributed by atoms with Crippen LogP contribution in [0.15, 0.2) is 22.7 Å². The molecule has 1 aliphatic carbocycles. The van der Waals surface area contributed by atoms with E-state index in [1.54, 1.807) is 0 Å². The van der Waals surface area contributed by atoms with Crippen molar-refractivity contribution in [2.45, 2.75) is 32.1 Å². The third kappa shape index (κ3) is 5.13. The Kier molecular flexibility index (Phi) is 5.91. The van der Waals surface area contributed by atoms with Crippen LogP contribution in [-0.4, -0.2) is 12.9 Å². The quantitative estimate of drug-likeness (QED) is 0.260. The molecule has 1 saturated carbocycles. The van der Waals surface area contributed by atoms with Gasteiger partial charge in [-0.05, 0) is 18.8 Å². The van der Waals surface area contributed by atoms with E-state index in [-0.39, 0.29) is 16.6 Å². The van der Waals surface area contributed by atoms with E-state index in [1.807, 2.05) is 0 Å². The lowest BCUT2D eigenvalue weighted by Gasteiger charge is -2.22. The Hall–Kier alpha value is -1.16. The molecule has 0 atom stereocenters. The molecule has 1 rings (SSSR count). The second-order valence-electron chi connectivity index (χ2n) is 4.28. The Balaban J connectivity index is 2.55. The fourth-order valence-electron chi connectivity index (χ4n) is 1.95. The van der Waals surface area contributed by atoms with Crippen LogP contribution < -0.4 is 11.5 Å². The molecule has 0 aromatic heterocycles. The Morgan fingerprint density at radius 1 is 1.29 bits per heavy atom. The first-order valence-electron chi connectivity index (χ1n) is 5.84. The van der Waals surface area contributed by atoms with Gasteiger partial charge >= 0.3 is 0 Å². The molecule has 1 fully saturated rings. The zero-order valence-corrected chi connectivity index (χ0v) is 10.6. The van der Waals surface area contributed by atoms with Gasteiger partial charge < -0.3 is 16.2 Å². The average molecular weight is 259 g/mol. The Morgan fingerprint density at radius 3 is 2.47 bits per heavy atom. The fourth-order valence-corrected chi connectivity index (χ4v) is 2.05. The number of halogens is 1. The van der Waals surface area contributed by atoms with Gasteiger partial charge in [0, 0.05) is 6.08 Å². The summed E-state index contributed by atoms with van der Waals surface area (Å²) in [4.78, 5) is 10.6. The number of carbonyl (C=O) groups excluding carboxylic acids is 1. The van der Waals surface area contributed by atoms with Gasteiger partial charge in [-0.25, -0.2) is 0 Å². The van der Waals surface area contributed by atoms with Crippen molar-refractivity contribution >= 4 is 17.9 Å². The van der Waals surface area contributed by atoms with E-state index < -0.39 is 0 Å². The first-order valence-corrected chi connectivity index (χ1v) is 6.21. The normalized spacial score (nSPS) is 19.7. The second kappa shape index (κ2) is 7.22. The van der Waals surface area contributed by atoms with Crippen molar-refractivity contribution in [3.63, 3.8) is 0 Å². The molecule has 0 aromatic rings. The van der Waals surface area contributed by atoms with Gasteiger partial charge in [0.2, 0.25) is 0 Å². The van der Waals surface area contributed by atoms with Gasteiger partial charge in [-0.3, -0.25) is 4.79 Å². The molecule has 1 aliphatic rings. The van der Waals surface area contributed by atoms with Crippen LogP contribution in [0, 0.1) is 5.92 Å². The lowest BCUT2D eigenvalue weighted by Crippen LogP contribution is -2.15. The number of hydrogen-bond acceptors (Lipinski definition) is 4. The third-order valence-electron chi connectivity index (χ3n) is 2.88. The van der Waals surface area contributed by atoms with Gasteiger partial charge in [-0.15, -0.1) is 0 Å². The minimum atomic E-state index is 0.0180. The van der Waals surface area contributed by atoms with Crippen molar-refractivity contribution in [3.8, 4) is 0 Å². The highest BCUT2D eigenvalue weighted by atomic mass is 35.5. The summed E-state index contributed by atoms with van der Waals surface area (Å²) in [6.07, 6.45) is 8.00. The summed E-state index contributed by atoms with van der Waals surface area (Å²) in [5.41, 5.74) is 10.9. The molecule has 0 aromatic carbocycles. The van der Waals surface area contributed by atoms with Gasteiger partial charge in [0.05, 0.1) is 6.61 Å². The van der Waals surface area contributed by atoms with Crippen molar-refractivity contribution in [2.24, 2.45) is 17.4 Å². The van der Waals surface area contributed by atoms with Crippen molar-refractivity contribution < 1.29 is 9.53 Å². The van der Waals surface area contributed by atoms with E-state index in [1.165, 1.54) is 25.3 Å². The highest BCUT2D eigenvalue weighted by Gasteiger charge is 2.15. The minimum Gasteiger partial charge on any atom is -0.491 e. The molecule has 0 heterocycles. The largest absolute Gasteiger partial charge is 0.491 e. The zero-order chi connectivity index (χ0) is 12.7. The number of carbonyl (C=O) groups is 1. The predicted molar refractivity (Wildman–Crippen MR) is 67.9 cm³/mol. The van der Waals surface area contributed by atoms with Crippen LogP contribution in [0.25, 0.3) is 0 Å². The molecular formula is C12H19ClN2O2. The Labute approximate surface area is 107 Å². The fraction of sp³-hybridized carbons (Fsp3) is 0.583. The summed E-state index contributed by atoms with van der Waals surface area (Å²) < 4.78 is 5.53. The van der Waals surface area contributed by atoms with Gasteiger partial charge in [-0.1, -0.05) is 30.9 Å². The molecule has 4 nitrogen and oxygen atoms in total. The minimum absolute atomic E-state index is 0.0180. The maximum atomic E-state index is 10.6. The zero-order valence-electron chi connectivity index (χ0n) is 9.82. The highest BCUT2D eigenvalue weighted by Crippen LogP contribution is 2.24. The lowest BCUT2D eigenvalue weighted by atomic mass is 9.90. The molecule has 17 heavy (non-hydrogen) atoms. The summed E-state index contributed by atoms with van der Waals surface area (Å²) in [5.74, 6) is 0.793. The van der Waals surface area contributed by atoms with Crippen LogP contribution in [-0.2, 0) is 9.53 Å². The molecule has 0 bridgehead atoms. The van der Waals surface area contributed by atoms with Gasteiger partial charge in [0.1, 0.15) is 16.6 Å². The molecular weight excluding hydrogens is 240 g/mol. The molecule has 0 unspecified atom stereocenters. The van der Waals surface area contributed by atoms with Gasteiger partial charge in [-0.2, -0.15) is 0 Å². The van der Waals surface area contributed by atoms with Crippen LogP contribution in [0.4, 0.5) is 0 Å². The topological polar surface area (TPSA) is 78.3 Å². The summed E-state index contributed by atoms with van der Waals surface area (Å²) in [6, 6.07) is 0. The Morgan fingerprint density at radius 2 is 1.94 bits per heavy atom. The molecule has 0 aliphatic heterocycles. The second-order valence-corrected chi connectivity index (χ2v) is 4.72. The highest BCUT2D eigenvalue weighted by molar-refractivity contribution is 6.29. The van der Waals surface area contributed by atoms with E-state index in [0.29, 0.717) is 18.8 Å². The molecule has 96 valence electrons. The van der Waals surface area contributed by atoms with E-state index in [2.05, 4.69) is 0 Å². The first kappa shape index (κ1) is 13.9. The summed E-state index contributed by atoms with van der Waals surface area (Å²) >= 11 is 5.55. The van der Waals surface area contributed by atoms with Gasteiger partial charge in [0.15, 0.2) is 6.29 Å². The third-order valence-corrected chi connectivity index (χ3v) is 2.99. The number of rotatable bonds is 5. The number of aldehydes is 1. The monoisotopic (exact) mass is 258 g/mol. The molecule has 0 amide bonds. The number of ether oxygens (including phenoxy) is 1. The average Bonchev–Trinajstić information content (AvgIpc) is 2.34. The van der Waals surface area contributed by atoms with Crippen LogP contribution in [0.3, 0.4) is 0 Å². The van der Waals surface area contributed by atoms with Crippen molar-refractivity contribution in [1.82, 2.24) is 0 Å². The maximum Gasteiger partial charge on any atom is 0.169 e. The first-order chi connectivity index (χ1) is 8.13. The SMILES string of the molecule is N/C(Cl)=C\C(OCC1CCCCC1)=C(/N)C=O. The predicted octanol–water partition coefficient (Wildman–Crippen LogP) is 1.99. The summed E-state index contributed by atoms with van der Waals surface area (Å²) in [5, 5.41) is 0.0495. The maximum absolute atomic E-state index is 10.6. The molecule has 0 saturated heterocycles. The van der Waals surface area contributed by atoms with Crippen molar-refractivity contribution in [3.05, 3.63) is 22.7 Å². The Bertz CT molecular complexity index is 316. The molecule has 4 N–H and O–H groups in total. The number of nitrogens with two attached hydrogens (primary N) is 2. The van der Waals surface area contributed by atoms with Crippen LogP contribution in [0.1, 0.15) is 32.1 Å². The smallest absolute Gasteiger partial charge is 0.169 e. The van der Waals surface area contributed by atoms with E-state index >= 15 is 0 Å². The van der Waals surface area contributed by atoms with E-state index in [0.717, 1.165) is 12.8 Å². The van der Waals surface area contributed by atoms with E-state index in [4.69, 9.17) is 27.8 Å². The number of allylic oxidation sites excluding steroid dienone is 2. The molecule has 0 spiro atoms. The van der Waals surface area contributed by atoms with Crippen LogP contribution >= 0.6 is 11.6 Å². The van der Waals surface area contributed by atoms with E-state index in [9.17, 15) is 4.79 Å². The molecule has 0 radical (unpaired) electrons. The van der Waals surface area contributed by atoms with Crippen LogP contribution in [0.5, 0.6) is 0 Å². The van der Waals surface area contributed by atoms with Gasteiger partial charge in [0.25, 0.3) is 0 Å². The standard InChI is InChI=1S/C12H19ClN2O2/c13-12(15)6-11(10(14)7-16)17-8-9-4-2-1-3-5-9/h6-7,9H,1-5,8,14-15H2/b11-10+,12-6-. The summed E-state index contributed by atoms with van der Waals surface area (Å²) in [7, 11) is 0. The lowest BCUT2D eigenvalue weighted by molar-refractivity contribution is -0.105. The van der Waals surface area contributed by atoms with Crippen molar-refractivity contribution in [1.29, 1.82) is 0 Å². The number of hydrogen-bond donors (Lipinski definition) is 2. The van der Waals surface area contributed by atoms with Crippen molar-refractivity contribution in [2.75, 3.05) is 6.61 Å². The molecule has 5 heteroatoms. The van der Waals surface area contributed by atoms with Crippen LogP contribution in [0.2, 0.25) is 0 Å².